The van der Waals surface area contributed by atoms with Crippen LogP contribution in [0, 0.1) is 0 Å². The van der Waals surface area contributed by atoms with Gasteiger partial charge >= 0.3 is 0 Å². The van der Waals surface area contributed by atoms with Crippen LogP contribution in [-0.4, -0.2) is 48.4 Å². The molecule has 0 spiro atoms. The minimum atomic E-state index is -0.152. The summed E-state index contributed by atoms with van der Waals surface area (Å²) in [4.78, 5) is 28.3. The zero-order chi connectivity index (χ0) is 17.1. The van der Waals surface area contributed by atoms with Gasteiger partial charge in [0.1, 0.15) is 5.75 Å². The Morgan fingerprint density at radius 1 is 1.17 bits per heavy atom. The first-order chi connectivity index (χ1) is 11.6. The van der Waals surface area contributed by atoms with Crippen molar-refractivity contribution in [1.82, 2.24) is 9.80 Å². The summed E-state index contributed by atoms with van der Waals surface area (Å²) in [7, 11) is 1.62. The number of piperazine rings is 1. The monoisotopic (exact) mass is 344 g/mol. The molecule has 0 saturated carbocycles. The standard InChI is InChI=1S/C18H20N2O3S/c1-13(21)19-8-9-20(18(22)15-7-10-24-12-15)17(11-19)14-3-5-16(23-2)6-4-14/h3-7,10,12,17H,8-9,11H2,1-2H3/t17-/m1/s1. The van der Waals surface area contributed by atoms with Crippen LogP contribution in [-0.2, 0) is 4.79 Å². The van der Waals surface area contributed by atoms with E-state index in [4.69, 9.17) is 4.74 Å². The van der Waals surface area contributed by atoms with Gasteiger partial charge in [0.05, 0.1) is 18.7 Å². The number of amides is 2. The summed E-state index contributed by atoms with van der Waals surface area (Å²) >= 11 is 1.51. The third kappa shape index (κ3) is 3.28. The number of carbonyl (C=O) groups is 2. The fourth-order valence-electron chi connectivity index (χ4n) is 2.98. The number of hydrogen-bond acceptors (Lipinski definition) is 4. The molecule has 24 heavy (non-hydrogen) atoms. The quantitative estimate of drug-likeness (QED) is 0.860. The molecule has 0 unspecified atom stereocenters. The van der Waals surface area contributed by atoms with Gasteiger partial charge in [-0.1, -0.05) is 12.1 Å². The number of benzene rings is 1. The molecule has 126 valence electrons. The number of methoxy groups -OCH3 is 1. The summed E-state index contributed by atoms with van der Waals surface area (Å²) in [5.41, 5.74) is 1.71. The van der Waals surface area contributed by atoms with Crippen molar-refractivity contribution in [2.75, 3.05) is 26.7 Å². The van der Waals surface area contributed by atoms with E-state index in [2.05, 4.69) is 0 Å². The van der Waals surface area contributed by atoms with Crippen molar-refractivity contribution in [3.63, 3.8) is 0 Å². The van der Waals surface area contributed by atoms with Gasteiger partial charge in [-0.25, -0.2) is 0 Å². The van der Waals surface area contributed by atoms with Crippen LogP contribution < -0.4 is 4.74 Å². The summed E-state index contributed by atoms with van der Waals surface area (Å²) in [5.74, 6) is 0.824. The van der Waals surface area contributed by atoms with Gasteiger partial charge in [0.25, 0.3) is 5.91 Å². The highest BCUT2D eigenvalue weighted by molar-refractivity contribution is 7.08. The second-order valence-electron chi connectivity index (χ2n) is 5.76. The maximum Gasteiger partial charge on any atom is 0.255 e. The molecule has 1 aliphatic heterocycles. The van der Waals surface area contributed by atoms with Crippen LogP contribution in [0.25, 0.3) is 0 Å². The van der Waals surface area contributed by atoms with Crippen molar-refractivity contribution in [2.24, 2.45) is 0 Å². The van der Waals surface area contributed by atoms with E-state index in [1.54, 1.807) is 18.9 Å². The normalized spacial score (nSPS) is 17.7. The van der Waals surface area contributed by atoms with Gasteiger partial charge in [-0.3, -0.25) is 9.59 Å². The van der Waals surface area contributed by atoms with E-state index in [9.17, 15) is 9.59 Å². The highest BCUT2D eigenvalue weighted by Crippen LogP contribution is 2.29. The topological polar surface area (TPSA) is 49.9 Å². The van der Waals surface area contributed by atoms with Crippen LogP contribution in [0.5, 0.6) is 5.75 Å². The van der Waals surface area contributed by atoms with Crippen molar-refractivity contribution >= 4 is 23.2 Å². The fourth-order valence-corrected chi connectivity index (χ4v) is 3.61. The molecule has 3 rings (SSSR count). The van der Waals surface area contributed by atoms with E-state index in [-0.39, 0.29) is 17.9 Å². The number of nitrogens with zero attached hydrogens (tertiary/aromatic N) is 2. The molecule has 2 amide bonds. The molecule has 1 aromatic carbocycles. The van der Waals surface area contributed by atoms with E-state index in [0.717, 1.165) is 11.3 Å². The average molecular weight is 344 g/mol. The molecule has 2 aromatic rings. The Kier molecular flexibility index (Phi) is 4.85. The third-order valence-corrected chi connectivity index (χ3v) is 5.04. The van der Waals surface area contributed by atoms with Crippen LogP contribution in [0.3, 0.4) is 0 Å². The highest BCUT2D eigenvalue weighted by atomic mass is 32.1. The predicted octanol–water partition coefficient (Wildman–Crippen LogP) is 2.80. The molecule has 1 saturated heterocycles. The Labute approximate surface area is 145 Å². The molecule has 2 heterocycles. The van der Waals surface area contributed by atoms with Crippen LogP contribution in [0.15, 0.2) is 41.1 Å². The van der Waals surface area contributed by atoms with Gasteiger partial charge in [-0.15, -0.1) is 0 Å². The molecule has 0 aliphatic carbocycles. The molecule has 1 fully saturated rings. The summed E-state index contributed by atoms with van der Waals surface area (Å²) in [5, 5.41) is 3.77. The minimum Gasteiger partial charge on any atom is -0.497 e. The molecule has 6 heteroatoms. The average Bonchev–Trinajstić information content (AvgIpc) is 3.15. The largest absolute Gasteiger partial charge is 0.497 e. The van der Waals surface area contributed by atoms with Crippen LogP contribution in [0.4, 0.5) is 0 Å². The van der Waals surface area contributed by atoms with Crippen LogP contribution in [0.1, 0.15) is 28.9 Å². The van der Waals surface area contributed by atoms with E-state index in [1.807, 2.05) is 46.0 Å². The third-order valence-electron chi connectivity index (χ3n) is 4.36. The molecule has 1 aromatic heterocycles. The van der Waals surface area contributed by atoms with Crippen LogP contribution in [0.2, 0.25) is 0 Å². The van der Waals surface area contributed by atoms with Gasteiger partial charge in [-0.2, -0.15) is 11.3 Å². The Balaban J connectivity index is 1.90. The zero-order valence-corrected chi connectivity index (χ0v) is 14.6. The van der Waals surface area contributed by atoms with Gasteiger partial charge < -0.3 is 14.5 Å². The number of hydrogen-bond donors (Lipinski definition) is 0. The lowest BCUT2D eigenvalue weighted by Gasteiger charge is -2.41. The first-order valence-corrected chi connectivity index (χ1v) is 8.77. The summed E-state index contributed by atoms with van der Waals surface area (Å²) in [6.45, 7) is 3.18. The molecular weight excluding hydrogens is 324 g/mol. The SMILES string of the molecule is COc1ccc([C@H]2CN(C(C)=O)CCN2C(=O)c2ccsc2)cc1. The molecule has 1 atom stereocenters. The molecule has 0 radical (unpaired) electrons. The minimum absolute atomic E-state index is 0.0141. The first kappa shape index (κ1) is 16.5. The van der Waals surface area contributed by atoms with E-state index >= 15 is 0 Å². The number of carbonyl (C=O) groups excluding carboxylic acids is 2. The Morgan fingerprint density at radius 2 is 1.92 bits per heavy atom. The van der Waals surface area contributed by atoms with Gasteiger partial charge in [-0.05, 0) is 29.1 Å². The van der Waals surface area contributed by atoms with E-state index in [1.165, 1.54) is 11.3 Å². The lowest BCUT2D eigenvalue weighted by Crippen LogP contribution is -2.51. The Bertz CT molecular complexity index is 712. The molecule has 0 bridgehead atoms. The van der Waals surface area contributed by atoms with Crippen molar-refractivity contribution < 1.29 is 14.3 Å². The van der Waals surface area contributed by atoms with Crippen molar-refractivity contribution in [2.45, 2.75) is 13.0 Å². The van der Waals surface area contributed by atoms with Crippen molar-refractivity contribution in [3.8, 4) is 5.75 Å². The molecule has 5 nitrogen and oxygen atoms in total. The second kappa shape index (κ2) is 7.05. The van der Waals surface area contributed by atoms with Crippen molar-refractivity contribution in [3.05, 3.63) is 52.2 Å². The number of ether oxygens (including phenoxy) is 1. The molecule has 0 N–H and O–H groups in total. The maximum absolute atomic E-state index is 12.8. The maximum atomic E-state index is 12.8. The lowest BCUT2D eigenvalue weighted by molar-refractivity contribution is -0.131. The summed E-state index contributed by atoms with van der Waals surface area (Å²) < 4.78 is 5.21. The second-order valence-corrected chi connectivity index (χ2v) is 6.54. The van der Waals surface area contributed by atoms with E-state index in [0.29, 0.717) is 25.2 Å². The van der Waals surface area contributed by atoms with Gasteiger partial charge in [0, 0.05) is 31.9 Å². The van der Waals surface area contributed by atoms with Crippen LogP contribution >= 0.6 is 11.3 Å². The fraction of sp³-hybridized carbons (Fsp3) is 0.333. The van der Waals surface area contributed by atoms with Gasteiger partial charge in [0.15, 0.2) is 0 Å². The molecule has 1 aliphatic rings. The summed E-state index contributed by atoms with van der Waals surface area (Å²) in [6, 6.07) is 9.38. The zero-order valence-electron chi connectivity index (χ0n) is 13.8. The summed E-state index contributed by atoms with van der Waals surface area (Å²) in [6.07, 6.45) is 0. The Morgan fingerprint density at radius 3 is 2.50 bits per heavy atom. The van der Waals surface area contributed by atoms with Crippen molar-refractivity contribution in [1.29, 1.82) is 0 Å². The Hall–Kier alpha value is -2.34. The number of thiophene rings is 1. The molecular formula is C18H20N2O3S. The number of rotatable bonds is 3. The lowest BCUT2D eigenvalue weighted by atomic mass is 10.0. The smallest absolute Gasteiger partial charge is 0.255 e. The van der Waals surface area contributed by atoms with E-state index < -0.39 is 0 Å². The van der Waals surface area contributed by atoms with Gasteiger partial charge in [0.2, 0.25) is 5.91 Å². The highest BCUT2D eigenvalue weighted by Gasteiger charge is 2.33. The predicted molar refractivity (Wildman–Crippen MR) is 93.3 cm³/mol. The first-order valence-electron chi connectivity index (χ1n) is 7.83.